The van der Waals surface area contributed by atoms with E-state index >= 15 is 0 Å². The molecule has 0 saturated heterocycles. The second-order valence-corrected chi connectivity index (χ2v) is 4.89. The van der Waals surface area contributed by atoms with Crippen LogP contribution in [-0.4, -0.2) is 28.8 Å². The summed E-state index contributed by atoms with van der Waals surface area (Å²) in [5.74, 6) is -1.56. The van der Waals surface area contributed by atoms with Crippen molar-refractivity contribution in [3.05, 3.63) is 35.9 Å². The number of amides is 1. The quantitative estimate of drug-likeness (QED) is 0.684. The first kappa shape index (κ1) is 16.9. The molecule has 1 amide bonds. The molecule has 21 heavy (non-hydrogen) atoms. The molecule has 0 aliphatic carbocycles. The summed E-state index contributed by atoms with van der Waals surface area (Å²) in [7, 11) is 0. The Kier molecular flexibility index (Phi) is 7.15. The van der Waals surface area contributed by atoms with Crippen molar-refractivity contribution in [2.24, 2.45) is 0 Å². The van der Waals surface area contributed by atoms with E-state index in [-0.39, 0.29) is 18.6 Å². The van der Waals surface area contributed by atoms with Gasteiger partial charge in [-0.15, -0.1) is 0 Å². The van der Waals surface area contributed by atoms with Crippen LogP contribution in [-0.2, 0) is 9.59 Å². The predicted molar refractivity (Wildman–Crippen MR) is 79.1 cm³/mol. The number of rotatable bonds is 9. The van der Waals surface area contributed by atoms with Gasteiger partial charge in [-0.1, -0.05) is 50.1 Å². The molecule has 0 aliphatic heterocycles. The van der Waals surface area contributed by atoms with Crippen molar-refractivity contribution in [3.63, 3.8) is 0 Å². The van der Waals surface area contributed by atoms with E-state index in [0.29, 0.717) is 12.0 Å². The lowest BCUT2D eigenvalue weighted by atomic mass is 10.1. The first-order chi connectivity index (χ1) is 10.0. The van der Waals surface area contributed by atoms with Crippen LogP contribution in [0.25, 0.3) is 0 Å². The van der Waals surface area contributed by atoms with Gasteiger partial charge in [-0.25, -0.2) is 4.79 Å². The minimum absolute atomic E-state index is 0.00360. The van der Waals surface area contributed by atoms with Gasteiger partial charge in [0, 0.05) is 18.4 Å². The molecule has 1 aromatic rings. The van der Waals surface area contributed by atoms with E-state index in [1.54, 1.807) is 24.3 Å². The number of carbonyl (C=O) groups excluding carboxylic acids is 2. The highest BCUT2D eigenvalue weighted by molar-refractivity contribution is 5.98. The van der Waals surface area contributed by atoms with Gasteiger partial charge in [-0.3, -0.25) is 9.59 Å². The van der Waals surface area contributed by atoms with Gasteiger partial charge in [0.1, 0.15) is 6.04 Å². The van der Waals surface area contributed by atoms with Gasteiger partial charge < -0.3 is 10.4 Å². The van der Waals surface area contributed by atoms with E-state index in [4.69, 9.17) is 5.11 Å². The van der Waals surface area contributed by atoms with Crippen LogP contribution in [0.4, 0.5) is 0 Å². The van der Waals surface area contributed by atoms with Gasteiger partial charge in [0.05, 0.1) is 0 Å². The van der Waals surface area contributed by atoms with Crippen LogP contribution in [0.15, 0.2) is 30.3 Å². The molecule has 114 valence electrons. The van der Waals surface area contributed by atoms with Crippen LogP contribution < -0.4 is 5.32 Å². The van der Waals surface area contributed by atoms with Crippen molar-refractivity contribution < 1.29 is 19.5 Å². The number of hydrogen-bond donors (Lipinski definition) is 2. The highest BCUT2D eigenvalue weighted by Gasteiger charge is 2.19. The molecule has 0 bridgehead atoms. The number of carboxylic acid groups (broad SMARTS) is 1. The van der Waals surface area contributed by atoms with E-state index in [2.05, 4.69) is 5.32 Å². The highest BCUT2D eigenvalue weighted by atomic mass is 16.4. The molecular formula is C16H21NO4. The highest BCUT2D eigenvalue weighted by Crippen LogP contribution is 2.06. The summed E-state index contributed by atoms with van der Waals surface area (Å²) >= 11 is 0. The van der Waals surface area contributed by atoms with Crippen LogP contribution in [0.2, 0.25) is 0 Å². The molecule has 1 rings (SSSR count). The molecule has 2 N–H and O–H groups in total. The summed E-state index contributed by atoms with van der Waals surface area (Å²) in [6.07, 6.45) is 2.09. The van der Waals surface area contributed by atoms with Gasteiger partial charge in [0.2, 0.25) is 5.91 Å². The predicted octanol–water partition coefficient (Wildman–Crippen LogP) is 2.41. The minimum Gasteiger partial charge on any atom is -0.480 e. The van der Waals surface area contributed by atoms with Gasteiger partial charge >= 0.3 is 5.97 Å². The molecule has 1 atom stereocenters. The molecule has 1 unspecified atom stereocenters. The Morgan fingerprint density at radius 1 is 1.14 bits per heavy atom. The number of aliphatic carboxylic acids is 1. The van der Waals surface area contributed by atoms with Crippen LogP contribution in [0, 0.1) is 0 Å². The first-order valence-corrected chi connectivity index (χ1v) is 7.15. The third-order valence-electron chi connectivity index (χ3n) is 3.15. The summed E-state index contributed by atoms with van der Waals surface area (Å²) in [6, 6.07) is 7.86. The fourth-order valence-electron chi connectivity index (χ4n) is 1.93. The summed E-state index contributed by atoms with van der Waals surface area (Å²) in [6.45, 7) is 1.96. The third kappa shape index (κ3) is 6.21. The van der Waals surface area contributed by atoms with E-state index in [1.807, 2.05) is 13.0 Å². The molecular weight excluding hydrogens is 270 g/mol. The van der Waals surface area contributed by atoms with Crippen molar-refractivity contribution in [1.82, 2.24) is 5.32 Å². The Balaban J connectivity index is 2.42. The number of benzene rings is 1. The fourth-order valence-corrected chi connectivity index (χ4v) is 1.93. The normalized spacial score (nSPS) is 11.7. The van der Waals surface area contributed by atoms with Crippen molar-refractivity contribution >= 4 is 17.7 Å². The smallest absolute Gasteiger partial charge is 0.326 e. The molecule has 0 aliphatic rings. The molecule has 0 radical (unpaired) electrons. The SMILES string of the molecule is CCCCC(NC(=O)CCC(=O)c1ccccc1)C(=O)O. The van der Waals surface area contributed by atoms with E-state index in [0.717, 1.165) is 12.8 Å². The Morgan fingerprint density at radius 3 is 2.38 bits per heavy atom. The van der Waals surface area contributed by atoms with E-state index in [9.17, 15) is 14.4 Å². The lowest BCUT2D eigenvalue weighted by Gasteiger charge is -2.13. The van der Waals surface area contributed by atoms with Crippen LogP contribution in [0.5, 0.6) is 0 Å². The van der Waals surface area contributed by atoms with Crippen molar-refractivity contribution in [2.45, 2.75) is 45.1 Å². The zero-order valence-electron chi connectivity index (χ0n) is 12.2. The fraction of sp³-hybridized carbons (Fsp3) is 0.438. The van der Waals surface area contributed by atoms with Crippen LogP contribution >= 0.6 is 0 Å². The number of carboxylic acids is 1. The average Bonchev–Trinajstić information content (AvgIpc) is 2.49. The van der Waals surface area contributed by atoms with Gasteiger partial charge in [0.15, 0.2) is 5.78 Å². The number of Topliss-reactive ketones (excluding diaryl/α,β-unsaturated/α-hetero) is 1. The molecule has 0 heterocycles. The number of nitrogens with one attached hydrogen (secondary N) is 1. The topological polar surface area (TPSA) is 83.5 Å². The van der Waals surface area contributed by atoms with Crippen molar-refractivity contribution in [1.29, 1.82) is 0 Å². The lowest BCUT2D eigenvalue weighted by Crippen LogP contribution is -2.40. The molecule has 0 fully saturated rings. The average molecular weight is 291 g/mol. The zero-order valence-corrected chi connectivity index (χ0v) is 12.2. The molecule has 5 heteroatoms. The van der Waals surface area contributed by atoms with Crippen LogP contribution in [0.3, 0.4) is 0 Å². The standard InChI is InChI=1S/C16H21NO4/c1-2-3-9-13(16(20)21)17-15(19)11-10-14(18)12-7-5-4-6-8-12/h4-8,13H,2-3,9-11H2,1H3,(H,17,19)(H,20,21). The Labute approximate surface area is 124 Å². The maximum atomic E-state index is 11.8. The monoisotopic (exact) mass is 291 g/mol. The Hall–Kier alpha value is -2.17. The second-order valence-electron chi connectivity index (χ2n) is 4.89. The van der Waals surface area contributed by atoms with E-state index in [1.165, 1.54) is 0 Å². The molecule has 1 aromatic carbocycles. The Bertz CT molecular complexity index is 484. The van der Waals surface area contributed by atoms with Gasteiger partial charge in [-0.05, 0) is 6.42 Å². The second kappa shape index (κ2) is 8.89. The van der Waals surface area contributed by atoms with Crippen molar-refractivity contribution in [2.75, 3.05) is 0 Å². The summed E-state index contributed by atoms with van der Waals surface area (Å²) in [5, 5.41) is 11.5. The molecule has 5 nitrogen and oxygen atoms in total. The largest absolute Gasteiger partial charge is 0.480 e. The summed E-state index contributed by atoms with van der Waals surface area (Å²) in [5.41, 5.74) is 0.561. The number of carbonyl (C=O) groups is 3. The molecule has 0 aromatic heterocycles. The zero-order chi connectivity index (χ0) is 15.7. The number of unbranched alkanes of at least 4 members (excludes halogenated alkanes) is 1. The minimum atomic E-state index is -1.04. The summed E-state index contributed by atoms with van der Waals surface area (Å²) in [4.78, 5) is 34.6. The number of hydrogen-bond acceptors (Lipinski definition) is 3. The van der Waals surface area contributed by atoms with Gasteiger partial charge in [-0.2, -0.15) is 0 Å². The Morgan fingerprint density at radius 2 is 1.81 bits per heavy atom. The third-order valence-corrected chi connectivity index (χ3v) is 3.15. The first-order valence-electron chi connectivity index (χ1n) is 7.15. The van der Waals surface area contributed by atoms with Crippen molar-refractivity contribution in [3.8, 4) is 0 Å². The van der Waals surface area contributed by atoms with Crippen LogP contribution in [0.1, 0.15) is 49.4 Å². The summed E-state index contributed by atoms with van der Waals surface area (Å²) < 4.78 is 0. The molecule has 0 saturated carbocycles. The maximum absolute atomic E-state index is 11.8. The molecule has 0 spiro atoms. The van der Waals surface area contributed by atoms with E-state index < -0.39 is 17.9 Å². The van der Waals surface area contributed by atoms with Gasteiger partial charge in [0.25, 0.3) is 0 Å². The lowest BCUT2D eigenvalue weighted by molar-refractivity contribution is -0.142. The maximum Gasteiger partial charge on any atom is 0.326 e. The number of ketones is 1.